The molecule has 1 amide bonds. The second-order valence-corrected chi connectivity index (χ2v) is 7.23. The smallest absolute Gasteiger partial charge is 0.220 e. The van der Waals surface area contributed by atoms with E-state index in [9.17, 15) is 4.79 Å². The highest BCUT2D eigenvalue weighted by molar-refractivity contribution is 5.76. The average molecular weight is 277 g/mol. The van der Waals surface area contributed by atoms with Gasteiger partial charge in [0.1, 0.15) is 5.82 Å². The van der Waals surface area contributed by atoms with E-state index >= 15 is 0 Å². The van der Waals surface area contributed by atoms with Crippen molar-refractivity contribution in [3.05, 3.63) is 17.7 Å². The van der Waals surface area contributed by atoms with Gasteiger partial charge in [-0.2, -0.15) is 0 Å². The highest BCUT2D eigenvalue weighted by atomic mass is 16.1. The molecule has 1 aliphatic heterocycles. The van der Waals surface area contributed by atoms with Crippen LogP contribution in [0.5, 0.6) is 0 Å². The molecule has 1 aromatic rings. The van der Waals surface area contributed by atoms with E-state index in [1.807, 2.05) is 6.92 Å². The zero-order chi connectivity index (χ0) is 14.9. The SMILES string of the molecule is Cc1cn2c(n1)CC[C@@H](NC(=O)C[C@H](C)C(C)(C)C)C2. The van der Waals surface area contributed by atoms with Crippen LogP contribution in [0.4, 0.5) is 0 Å². The number of hydrogen-bond acceptors (Lipinski definition) is 2. The van der Waals surface area contributed by atoms with E-state index in [1.54, 1.807) is 0 Å². The van der Waals surface area contributed by atoms with Crippen molar-refractivity contribution in [3.63, 3.8) is 0 Å². The number of hydrogen-bond donors (Lipinski definition) is 1. The summed E-state index contributed by atoms with van der Waals surface area (Å²) < 4.78 is 2.18. The maximum absolute atomic E-state index is 12.1. The fourth-order valence-electron chi connectivity index (χ4n) is 2.58. The van der Waals surface area contributed by atoms with Crippen molar-refractivity contribution in [2.75, 3.05) is 0 Å². The minimum absolute atomic E-state index is 0.178. The van der Waals surface area contributed by atoms with E-state index in [-0.39, 0.29) is 17.4 Å². The summed E-state index contributed by atoms with van der Waals surface area (Å²) in [5.41, 5.74) is 1.24. The van der Waals surface area contributed by atoms with E-state index in [0.29, 0.717) is 12.3 Å². The Kier molecular flexibility index (Phi) is 4.21. The zero-order valence-corrected chi connectivity index (χ0v) is 13.4. The minimum Gasteiger partial charge on any atom is -0.352 e. The Hall–Kier alpha value is -1.32. The zero-order valence-electron chi connectivity index (χ0n) is 13.4. The minimum atomic E-state index is 0.178. The summed E-state index contributed by atoms with van der Waals surface area (Å²) in [6.07, 6.45) is 4.63. The third kappa shape index (κ3) is 3.62. The summed E-state index contributed by atoms with van der Waals surface area (Å²) in [6, 6.07) is 0.246. The lowest BCUT2D eigenvalue weighted by Crippen LogP contribution is -2.42. The van der Waals surface area contributed by atoms with Gasteiger partial charge >= 0.3 is 0 Å². The first-order valence-electron chi connectivity index (χ1n) is 7.57. The van der Waals surface area contributed by atoms with Crippen LogP contribution in [0.1, 0.15) is 52.1 Å². The fourth-order valence-corrected chi connectivity index (χ4v) is 2.58. The highest BCUT2D eigenvalue weighted by Gasteiger charge is 2.25. The van der Waals surface area contributed by atoms with Crippen molar-refractivity contribution in [3.8, 4) is 0 Å². The summed E-state index contributed by atoms with van der Waals surface area (Å²) in [5.74, 6) is 1.71. The van der Waals surface area contributed by atoms with Crippen LogP contribution >= 0.6 is 0 Å². The number of carbonyl (C=O) groups excluding carboxylic acids is 1. The van der Waals surface area contributed by atoms with Crippen LogP contribution in [0.25, 0.3) is 0 Å². The van der Waals surface area contributed by atoms with Gasteiger partial charge in [0.05, 0.1) is 5.69 Å². The molecule has 2 heterocycles. The summed E-state index contributed by atoms with van der Waals surface area (Å²) >= 11 is 0. The summed E-state index contributed by atoms with van der Waals surface area (Å²) in [6.45, 7) is 11.6. The first-order valence-corrected chi connectivity index (χ1v) is 7.57. The normalized spacial score (nSPS) is 20.4. The van der Waals surface area contributed by atoms with Crippen molar-refractivity contribution in [1.82, 2.24) is 14.9 Å². The molecule has 4 nitrogen and oxygen atoms in total. The van der Waals surface area contributed by atoms with Crippen molar-refractivity contribution in [1.29, 1.82) is 0 Å². The molecule has 0 saturated heterocycles. The maximum Gasteiger partial charge on any atom is 0.220 e. The fraction of sp³-hybridized carbons (Fsp3) is 0.750. The Balaban J connectivity index is 1.87. The molecule has 112 valence electrons. The number of carbonyl (C=O) groups is 1. The molecule has 1 N–H and O–H groups in total. The van der Waals surface area contributed by atoms with Gasteiger partial charge in [0.15, 0.2) is 0 Å². The first kappa shape index (κ1) is 15.1. The Morgan fingerprint density at radius 2 is 2.25 bits per heavy atom. The summed E-state index contributed by atoms with van der Waals surface area (Å²) in [7, 11) is 0. The lowest BCUT2D eigenvalue weighted by Gasteiger charge is -2.29. The topological polar surface area (TPSA) is 46.9 Å². The molecule has 1 aliphatic rings. The number of amides is 1. The van der Waals surface area contributed by atoms with Crippen LogP contribution < -0.4 is 5.32 Å². The van der Waals surface area contributed by atoms with Crippen LogP contribution in [-0.2, 0) is 17.8 Å². The number of nitrogens with zero attached hydrogens (tertiary/aromatic N) is 2. The largest absolute Gasteiger partial charge is 0.352 e. The van der Waals surface area contributed by atoms with Crippen LogP contribution in [-0.4, -0.2) is 21.5 Å². The van der Waals surface area contributed by atoms with Crippen molar-refractivity contribution in [2.45, 2.75) is 66.5 Å². The first-order chi connectivity index (χ1) is 9.25. The molecule has 0 fully saturated rings. The molecule has 0 unspecified atom stereocenters. The van der Waals surface area contributed by atoms with Gasteiger partial charge in [0, 0.05) is 31.6 Å². The Morgan fingerprint density at radius 1 is 1.55 bits per heavy atom. The van der Waals surface area contributed by atoms with Gasteiger partial charge < -0.3 is 9.88 Å². The van der Waals surface area contributed by atoms with Gasteiger partial charge in [-0.05, 0) is 24.7 Å². The van der Waals surface area contributed by atoms with E-state index in [1.165, 1.54) is 0 Å². The van der Waals surface area contributed by atoms with Crippen molar-refractivity contribution < 1.29 is 4.79 Å². The second kappa shape index (κ2) is 5.58. The summed E-state index contributed by atoms with van der Waals surface area (Å²) in [4.78, 5) is 16.6. The Morgan fingerprint density at radius 3 is 2.90 bits per heavy atom. The van der Waals surface area contributed by atoms with Crippen LogP contribution in [0.15, 0.2) is 6.20 Å². The number of rotatable bonds is 3. The third-order valence-electron chi connectivity index (χ3n) is 4.45. The molecule has 0 spiro atoms. The molecule has 1 aromatic heterocycles. The van der Waals surface area contributed by atoms with Crippen molar-refractivity contribution in [2.24, 2.45) is 11.3 Å². The van der Waals surface area contributed by atoms with Gasteiger partial charge in [-0.1, -0.05) is 27.7 Å². The predicted octanol–water partition coefficient (Wildman–Crippen LogP) is 2.69. The molecule has 0 bridgehead atoms. The Labute approximate surface area is 122 Å². The van der Waals surface area contributed by atoms with Crippen LogP contribution in [0.3, 0.4) is 0 Å². The summed E-state index contributed by atoms with van der Waals surface area (Å²) in [5, 5.41) is 3.18. The van der Waals surface area contributed by atoms with Gasteiger partial charge in [-0.15, -0.1) is 0 Å². The molecule has 2 rings (SSSR count). The van der Waals surface area contributed by atoms with Gasteiger partial charge in [0.25, 0.3) is 0 Å². The third-order valence-corrected chi connectivity index (χ3v) is 4.45. The highest BCUT2D eigenvalue weighted by Crippen LogP contribution is 2.28. The molecular formula is C16H27N3O. The average Bonchev–Trinajstić information content (AvgIpc) is 2.66. The molecule has 0 aliphatic carbocycles. The predicted molar refractivity (Wildman–Crippen MR) is 80.5 cm³/mol. The number of aromatic nitrogens is 2. The van der Waals surface area contributed by atoms with Gasteiger partial charge in [-0.25, -0.2) is 4.98 Å². The number of nitrogens with one attached hydrogen (secondary N) is 1. The van der Waals surface area contributed by atoms with Gasteiger partial charge in [-0.3, -0.25) is 4.79 Å². The lowest BCUT2D eigenvalue weighted by molar-refractivity contribution is -0.123. The molecule has 0 aromatic carbocycles. The Bertz CT molecular complexity index is 484. The standard InChI is InChI=1S/C16H27N3O/c1-11(16(3,4)5)8-15(20)18-13-6-7-14-17-12(2)9-19(14)10-13/h9,11,13H,6-8,10H2,1-5H3,(H,18,20)/t11-,13+/m0/s1. The molecule has 2 atom stereocenters. The number of imidazole rings is 1. The molecule has 0 radical (unpaired) electrons. The van der Waals surface area contributed by atoms with E-state index in [0.717, 1.165) is 30.9 Å². The second-order valence-electron chi connectivity index (χ2n) is 7.23. The van der Waals surface area contributed by atoms with Gasteiger partial charge in [0.2, 0.25) is 5.91 Å². The molecule has 0 saturated carbocycles. The van der Waals surface area contributed by atoms with E-state index in [4.69, 9.17) is 0 Å². The lowest BCUT2D eigenvalue weighted by atomic mass is 9.80. The molecule has 4 heteroatoms. The van der Waals surface area contributed by atoms with E-state index < -0.39 is 0 Å². The van der Waals surface area contributed by atoms with Crippen LogP contribution in [0, 0.1) is 18.3 Å². The number of fused-ring (bicyclic) bond motifs is 1. The van der Waals surface area contributed by atoms with Crippen LogP contribution in [0.2, 0.25) is 0 Å². The molecular weight excluding hydrogens is 250 g/mol. The number of aryl methyl sites for hydroxylation is 2. The van der Waals surface area contributed by atoms with Crippen molar-refractivity contribution >= 4 is 5.91 Å². The molecule has 20 heavy (non-hydrogen) atoms. The van der Waals surface area contributed by atoms with E-state index in [2.05, 4.69) is 48.8 Å². The monoisotopic (exact) mass is 277 g/mol. The maximum atomic E-state index is 12.1. The quantitative estimate of drug-likeness (QED) is 0.923.